The van der Waals surface area contributed by atoms with E-state index in [0.717, 1.165) is 35.2 Å². The molecule has 7 heteroatoms. The van der Waals surface area contributed by atoms with Crippen LogP contribution < -0.4 is 15.1 Å². The van der Waals surface area contributed by atoms with E-state index in [0.29, 0.717) is 16.9 Å². The average Bonchev–Trinajstić information content (AvgIpc) is 3.36. The number of nitrogens with one attached hydrogen (secondary N) is 1. The maximum absolute atomic E-state index is 6.89. The normalized spacial score (nSPS) is 25.4. The van der Waals surface area contributed by atoms with Crippen molar-refractivity contribution in [3.8, 4) is 0 Å². The highest BCUT2D eigenvalue weighted by Crippen LogP contribution is 2.43. The molecule has 0 bridgehead atoms. The number of piperidine rings is 1. The molecular weight excluding hydrogens is 450 g/mol. The lowest BCUT2D eigenvalue weighted by atomic mass is 9.91. The van der Waals surface area contributed by atoms with Gasteiger partial charge >= 0.3 is 0 Å². The number of aryl methyl sites for hydroxylation is 1. The predicted octanol–water partition coefficient (Wildman–Crippen LogP) is 5.73. The van der Waals surface area contributed by atoms with Gasteiger partial charge in [-0.05, 0) is 72.4 Å². The Labute approximate surface area is 206 Å². The molecule has 33 heavy (non-hydrogen) atoms. The molecule has 2 saturated heterocycles. The van der Waals surface area contributed by atoms with Gasteiger partial charge < -0.3 is 19.7 Å². The van der Waals surface area contributed by atoms with Crippen molar-refractivity contribution in [2.24, 2.45) is 18.9 Å². The second-order valence-corrected chi connectivity index (χ2v) is 10.4. The fourth-order valence-corrected chi connectivity index (χ4v) is 6.07. The summed E-state index contributed by atoms with van der Waals surface area (Å²) in [6, 6.07) is 14.4. The summed E-state index contributed by atoms with van der Waals surface area (Å²) in [4.78, 5) is 9.23. The summed E-state index contributed by atoms with van der Waals surface area (Å²) in [6.45, 7) is 6.73. The molecule has 2 aliphatic heterocycles. The number of thiocarbonyl (C=S) groups is 1. The predicted molar refractivity (Wildman–Crippen MR) is 140 cm³/mol. The minimum absolute atomic E-state index is 0.0226. The zero-order valence-electron chi connectivity index (χ0n) is 19.3. The van der Waals surface area contributed by atoms with Crippen LogP contribution in [-0.4, -0.2) is 27.8 Å². The molecule has 1 N–H and O–H groups in total. The molecule has 4 heterocycles. The molecule has 172 valence electrons. The van der Waals surface area contributed by atoms with Gasteiger partial charge in [0.25, 0.3) is 0 Å². The second kappa shape index (κ2) is 8.99. The monoisotopic (exact) mass is 479 g/mol. The Bertz CT molecular complexity index is 1140. The van der Waals surface area contributed by atoms with Crippen molar-refractivity contribution >= 4 is 40.3 Å². The fraction of sp³-hybridized carbons (Fsp3) is 0.385. The summed E-state index contributed by atoms with van der Waals surface area (Å²) >= 11 is 12.7. The van der Waals surface area contributed by atoms with Crippen LogP contribution in [0.25, 0.3) is 0 Å². The first-order valence-corrected chi connectivity index (χ1v) is 12.4. The standard InChI is InChI=1S/C26H30ClN5S/c1-17-12-18(2)15-31(14-17)23-8-7-20(13-21(23)27)32-25(19-9-11-30(3)16-19)24(29-26(32)33)22-6-4-5-10-28-22/h4-11,13,16-18,24-25H,12,14-15H2,1-3H3,(H,29,33)/t17-,18+,24-,25+/m0/s1. The van der Waals surface area contributed by atoms with Crippen LogP contribution in [0.3, 0.4) is 0 Å². The van der Waals surface area contributed by atoms with E-state index < -0.39 is 0 Å². The van der Waals surface area contributed by atoms with Crippen LogP contribution in [0.2, 0.25) is 5.02 Å². The molecule has 2 aromatic heterocycles. The largest absolute Gasteiger partial charge is 0.370 e. The van der Waals surface area contributed by atoms with E-state index in [4.69, 9.17) is 23.8 Å². The number of benzene rings is 1. The highest BCUT2D eigenvalue weighted by Gasteiger charge is 2.41. The number of hydrogen-bond acceptors (Lipinski definition) is 3. The van der Waals surface area contributed by atoms with Gasteiger partial charge in [0.15, 0.2) is 5.11 Å². The molecule has 5 nitrogen and oxygen atoms in total. The van der Waals surface area contributed by atoms with Gasteiger partial charge in [0.2, 0.25) is 0 Å². The first-order chi connectivity index (χ1) is 15.9. The Kier molecular flexibility index (Phi) is 6.06. The number of rotatable bonds is 4. The first kappa shape index (κ1) is 22.2. The molecule has 0 spiro atoms. The molecule has 2 aliphatic rings. The number of halogens is 1. The Morgan fingerprint density at radius 1 is 1.09 bits per heavy atom. The van der Waals surface area contributed by atoms with Crippen molar-refractivity contribution in [2.45, 2.75) is 32.4 Å². The van der Waals surface area contributed by atoms with Gasteiger partial charge in [-0.2, -0.15) is 0 Å². The summed E-state index contributed by atoms with van der Waals surface area (Å²) < 4.78 is 2.07. The minimum Gasteiger partial charge on any atom is -0.370 e. The minimum atomic E-state index is -0.0525. The molecule has 3 aromatic rings. The lowest BCUT2D eigenvalue weighted by molar-refractivity contribution is 0.357. The maximum Gasteiger partial charge on any atom is 0.174 e. The molecule has 2 fully saturated rings. The molecule has 4 atom stereocenters. The van der Waals surface area contributed by atoms with Gasteiger partial charge in [0.1, 0.15) is 0 Å². The first-order valence-electron chi connectivity index (χ1n) is 11.6. The molecule has 0 amide bonds. The summed E-state index contributed by atoms with van der Waals surface area (Å²) in [7, 11) is 2.04. The molecule has 0 saturated carbocycles. The Balaban J connectivity index is 1.51. The van der Waals surface area contributed by atoms with Crippen LogP contribution >= 0.6 is 23.8 Å². The van der Waals surface area contributed by atoms with Crippen LogP contribution in [0, 0.1) is 11.8 Å². The molecule has 1 aromatic carbocycles. The van der Waals surface area contributed by atoms with Gasteiger partial charge in [-0.15, -0.1) is 0 Å². The summed E-state index contributed by atoms with van der Waals surface area (Å²) in [5.41, 5.74) is 4.25. The third kappa shape index (κ3) is 4.34. The number of anilines is 2. The van der Waals surface area contributed by atoms with E-state index >= 15 is 0 Å². The molecular formula is C26H30ClN5S. The van der Waals surface area contributed by atoms with Crippen molar-refractivity contribution in [1.82, 2.24) is 14.9 Å². The Hall–Kier alpha value is -2.57. The lowest BCUT2D eigenvalue weighted by Gasteiger charge is -2.37. The van der Waals surface area contributed by atoms with E-state index in [1.165, 1.54) is 12.0 Å². The van der Waals surface area contributed by atoms with Gasteiger partial charge in [-0.1, -0.05) is 31.5 Å². The zero-order chi connectivity index (χ0) is 23.1. The van der Waals surface area contributed by atoms with E-state index in [1.807, 2.05) is 25.4 Å². The highest BCUT2D eigenvalue weighted by molar-refractivity contribution is 7.80. The van der Waals surface area contributed by atoms with Crippen molar-refractivity contribution in [2.75, 3.05) is 22.9 Å². The molecule has 0 radical (unpaired) electrons. The third-order valence-electron chi connectivity index (χ3n) is 6.71. The van der Waals surface area contributed by atoms with Gasteiger partial charge in [0, 0.05) is 44.4 Å². The smallest absolute Gasteiger partial charge is 0.174 e. The summed E-state index contributed by atoms with van der Waals surface area (Å²) in [6.07, 6.45) is 7.32. The van der Waals surface area contributed by atoms with Crippen molar-refractivity contribution < 1.29 is 0 Å². The van der Waals surface area contributed by atoms with Crippen molar-refractivity contribution in [3.05, 3.63) is 77.3 Å². The average molecular weight is 480 g/mol. The van der Waals surface area contributed by atoms with Gasteiger partial charge in [-0.25, -0.2) is 0 Å². The van der Waals surface area contributed by atoms with Crippen LogP contribution in [-0.2, 0) is 7.05 Å². The molecule has 5 rings (SSSR count). The third-order valence-corrected chi connectivity index (χ3v) is 7.33. The van der Waals surface area contributed by atoms with E-state index in [1.54, 1.807) is 0 Å². The van der Waals surface area contributed by atoms with Crippen LogP contribution in [0.1, 0.15) is 43.6 Å². The summed E-state index contributed by atoms with van der Waals surface area (Å²) in [5, 5.41) is 4.97. The topological polar surface area (TPSA) is 36.3 Å². The second-order valence-electron chi connectivity index (χ2n) is 9.59. The Morgan fingerprint density at radius 2 is 1.88 bits per heavy atom. The van der Waals surface area contributed by atoms with Crippen molar-refractivity contribution in [3.63, 3.8) is 0 Å². The number of nitrogens with zero attached hydrogens (tertiary/aromatic N) is 4. The maximum atomic E-state index is 6.89. The van der Waals surface area contributed by atoms with Crippen molar-refractivity contribution in [1.29, 1.82) is 0 Å². The lowest BCUT2D eigenvalue weighted by Crippen LogP contribution is -2.38. The number of pyridine rings is 1. The van der Waals surface area contributed by atoms with Gasteiger partial charge in [0.05, 0.1) is 28.5 Å². The quantitative estimate of drug-likeness (QED) is 0.483. The van der Waals surface area contributed by atoms with E-state index in [-0.39, 0.29) is 12.1 Å². The molecule has 0 aliphatic carbocycles. The van der Waals surface area contributed by atoms with E-state index in [9.17, 15) is 0 Å². The molecule has 0 unspecified atom stereocenters. The highest BCUT2D eigenvalue weighted by atomic mass is 35.5. The zero-order valence-corrected chi connectivity index (χ0v) is 20.9. The SMILES string of the molecule is C[C@@H]1C[C@H](C)CN(c2ccc(N3C(=S)N[C@@H](c4ccccn4)[C@H]3c3ccn(C)c3)cc2Cl)C1. The van der Waals surface area contributed by atoms with Crippen LogP contribution in [0.4, 0.5) is 11.4 Å². The summed E-state index contributed by atoms with van der Waals surface area (Å²) in [5.74, 6) is 1.34. The Morgan fingerprint density at radius 3 is 2.52 bits per heavy atom. The van der Waals surface area contributed by atoms with Crippen LogP contribution in [0.15, 0.2) is 61.1 Å². The van der Waals surface area contributed by atoms with Crippen LogP contribution in [0.5, 0.6) is 0 Å². The number of aromatic nitrogens is 2. The fourth-order valence-electron chi connectivity index (χ4n) is 5.43. The number of hydrogen-bond donors (Lipinski definition) is 1. The van der Waals surface area contributed by atoms with E-state index in [2.05, 4.69) is 81.2 Å². The van der Waals surface area contributed by atoms with Gasteiger partial charge in [-0.3, -0.25) is 4.98 Å².